The number of rotatable bonds is 3. The summed E-state index contributed by atoms with van der Waals surface area (Å²) < 4.78 is 5.57. The predicted octanol–water partition coefficient (Wildman–Crippen LogP) is 1.11. The molecule has 0 radical (unpaired) electrons. The molecule has 0 bridgehead atoms. The molecule has 2 rings (SSSR count). The van der Waals surface area contributed by atoms with Gasteiger partial charge >= 0.3 is 0 Å². The number of hydrogen-bond acceptors (Lipinski definition) is 3. The Balaban J connectivity index is 2.00. The molecule has 2 atom stereocenters. The molecule has 1 aromatic rings. The molecule has 1 fully saturated rings. The number of nitrogens with two attached hydrogens (primary N) is 1. The van der Waals surface area contributed by atoms with E-state index >= 15 is 0 Å². The van der Waals surface area contributed by atoms with Crippen LogP contribution in [0.2, 0.25) is 0 Å². The van der Waals surface area contributed by atoms with E-state index in [1.54, 1.807) is 0 Å². The predicted molar refractivity (Wildman–Crippen MR) is 74.9 cm³/mol. The van der Waals surface area contributed by atoms with E-state index in [0.717, 1.165) is 5.56 Å². The number of carbonyl (C=O) groups is 1. The lowest BCUT2D eigenvalue weighted by Gasteiger charge is -2.37. The van der Waals surface area contributed by atoms with Crippen LogP contribution < -0.4 is 5.73 Å². The molecule has 4 nitrogen and oxygen atoms in total. The van der Waals surface area contributed by atoms with Crippen LogP contribution in [0, 0.1) is 6.92 Å². The molecule has 1 aromatic carbocycles. The number of amides is 1. The Morgan fingerprint density at radius 1 is 1.42 bits per heavy atom. The van der Waals surface area contributed by atoms with Crippen LogP contribution in [0.5, 0.6) is 0 Å². The van der Waals surface area contributed by atoms with Gasteiger partial charge in [0.05, 0.1) is 25.2 Å². The highest BCUT2D eigenvalue weighted by Crippen LogP contribution is 2.14. The molecule has 0 aliphatic carbocycles. The van der Waals surface area contributed by atoms with Gasteiger partial charge in [0.1, 0.15) is 0 Å². The summed E-state index contributed by atoms with van der Waals surface area (Å²) in [6.45, 7) is 5.69. The van der Waals surface area contributed by atoms with Crippen molar-refractivity contribution in [2.75, 3.05) is 19.7 Å². The van der Waals surface area contributed by atoms with Crippen molar-refractivity contribution >= 4 is 5.91 Å². The molecular weight excluding hydrogens is 240 g/mol. The number of carbonyl (C=O) groups excluding carboxylic acids is 1. The Hall–Kier alpha value is -1.39. The molecule has 1 saturated heterocycles. The fourth-order valence-corrected chi connectivity index (χ4v) is 2.29. The SMILES string of the molecule is Cc1ccc(CC(=O)N2CC(CN)OCC2C)cc1. The lowest BCUT2D eigenvalue weighted by Crippen LogP contribution is -2.53. The summed E-state index contributed by atoms with van der Waals surface area (Å²) in [6.07, 6.45) is 0.417. The highest BCUT2D eigenvalue weighted by molar-refractivity contribution is 5.79. The van der Waals surface area contributed by atoms with Crippen molar-refractivity contribution in [2.45, 2.75) is 32.4 Å². The van der Waals surface area contributed by atoms with Crippen molar-refractivity contribution in [1.82, 2.24) is 4.90 Å². The van der Waals surface area contributed by atoms with Gasteiger partial charge in [-0.3, -0.25) is 4.79 Å². The highest BCUT2D eigenvalue weighted by Gasteiger charge is 2.28. The second-order valence-electron chi connectivity index (χ2n) is 5.25. The second-order valence-corrected chi connectivity index (χ2v) is 5.25. The Morgan fingerprint density at radius 3 is 2.74 bits per heavy atom. The number of ether oxygens (including phenoxy) is 1. The molecule has 1 amide bonds. The van der Waals surface area contributed by atoms with Crippen molar-refractivity contribution in [2.24, 2.45) is 5.73 Å². The van der Waals surface area contributed by atoms with E-state index in [1.807, 2.05) is 43.0 Å². The van der Waals surface area contributed by atoms with Gasteiger partial charge < -0.3 is 15.4 Å². The summed E-state index contributed by atoms with van der Waals surface area (Å²) in [4.78, 5) is 14.2. The fourth-order valence-electron chi connectivity index (χ4n) is 2.29. The van der Waals surface area contributed by atoms with Crippen LogP contribution in [0.1, 0.15) is 18.1 Å². The molecule has 1 heterocycles. The first-order chi connectivity index (χ1) is 9.10. The normalized spacial score (nSPS) is 23.4. The highest BCUT2D eigenvalue weighted by atomic mass is 16.5. The first-order valence-corrected chi connectivity index (χ1v) is 6.77. The van der Waals surface area contributed by atoms with Crippen LogP contribution in [0.3, 0.4) is 0 Å². The molecule has 2 N–H and O–H groups in total. The summed E-state index contributed by atoms with van der Waals surface area (Å²) in [5, 5.41) is 0. The van der Waals surface area contributed by atoms with E-state index in [4.69, 9.17) is 10.5 Å². The number of aryl methyl sites for hydroxylation is 1. The molecule has 2 unspecified atom stereocenters. The van der Waals surface area contributed by atoms with E-state index < -0.39 is 0 Å². The fraction of sp³-hybridized carbons (Fsp3) is 0.533. The van der Waals surface area contributed by atoms with Crippen LogP contribution in [0.4, 0.5) is 0 Å². The van der Waals surface area contributed by atoms with Gasteiger partial charge in [-0.25, -0.2) is 0 Å². The van der Waals surface area contributed by atoms with Crippen molar-refractivity contribution in [3.05, 3.63) is 35.4 Å². The molecule has 4 heteroatoms. The van der Waals surface area contributed by atoms with E-state index in [2.05, 4.69) is 0 Å². The lowest BCUT2D eigenvalue weighted by atomic mass is 10.1. The molecule has 104 valence electrons. The third-order valence-corrected chi connectivity index (χ3v) is 3.56. The van der Waals surface area contributed by atoms with Gasteiger partial charge in [0, 0.05) is 13.1 Å². The zero-order valence-corrected chi connectivity index (χ0v) is 11.6. The third kappa shape index (κ3) is 3.55. The molecule has 0 saturated carbocycles. The first-order valence-electron chi connectivity index (χ1n) is 6.77. The first kappa shape index (κ1) is 14.0. The summed E-state index contributed by atoms with van der Waals surface area (Å²) >= 11 is 0. The number of benzene rings is 1. The Labute approximate surface area is 114 Å². The topological polar surface area (TPSA) is 55.6 Å². The van der Waals surface area contributed by atoms with Crippen molar-refractivity contribution in [3.8, 4) is 0 Å². The molecule has 0 aromatic heterocycles. The van der Waals surface area contributed by atoms with E-state index in [0.29, 0.717) is 26.1 Å². The third-order valence-electron chi connectivity index (χ3n) is 3.56. The van der Waals surface area contributed by atoms with Gasteiger partial charge in [-0.2, -0.15) is 0 Å². The van der Waals surface area contributed by atoms with Crippen molar-refractivity contribution in [3.63, 3.8) is 0 Å². The minimum Gasteiger partial charge on any atom is -0.373 e. The Kier molecular flexibility index (Phi) is 4.56. The minimum absolute atomic E-state index is 0.0295. The number of morpholine rings is 1. The summed E-state index contributed by atoms with van der Waals surface area (Å²) in [5.74, 6) is 0.151. The van der Waals surface area contributed by atoms with Gasteiger partial charge in [0.25, 0.3) is 0 Å². The van der Waals surface area contributed by atoms with Gasteiger partial charge in [0.15, 0.2) is 0 Å². The monoisotopic (exact) mass is 262 g/mol. The summed E-state index contributed by atoms with van der Waals surface area (Å²) in [5.41, 5.74) is 7.88. The molecule has 1 aliphatic heterocycles. The molecule has 19 heavy (non-hydrogen) atoms. The average Bonchev–Trinajstić information content (AvgIpc) is 2.42. The van der Waals surface area contributed by atoms with Crippen molar-refractivity contribution in [1.29, 1.82) is 0 Å². The maximum Gasteiger partial charge on any atom is 0.227 e. The van der Waals surface area contributed by atoms with Crippen LogP contribution in [0.15, 0.2) is 24.3 Å². The van der Waals surface area contributed by atoms with E-state index in [9.17, 15) is 4.79 Å². The van der Waals surface area contributed by atoms with Crippen LogP contribution in [-0.4, -0.2) is 42.6 Å². The second kappa shape index (κ2) is 6.17. The smallest absolute Gasteiger partial charge is 0.227 e. The van der Waals surface area contributed by atoms with Crippen LogP contribution in [-0.2, 0) is 16.0 Å². The number of hydrogen-bond donors (Lipinski definition) is 1. The van der Waals surface area contributed by atoms with Crippen LogP contribution in [0.25, 0.3) is 0 Å². The van der Waals surface area contributed by atoms with Gasteiger partial charge in [0.2, 0.25) is 5.91 Å². The Bertz CT molecular complexity index is 430. The number of nitrogens with zero attached hydrogens (tertiary/aromatic N) is 1. The molecular formula is C15H22N2O2. The van der Waals surface area contributed by atoms with Crippen molar-refractivity contribution < 1.29 is 9.53 Å². The molecule has 0 spiro atoms. The summed E-state index contributed by atoms with van der Waals surface area (Å²) in [7, 11) is 0. The molecule has 1 aliphatic rings. The Morgan fingerprint density at radius 2 is 2.11 bits per heavy atom. The maximum absolute atomic E-state index is 12.4. The van der Waals surface area contributed by atoms with E-state index in [-0.39, 0.29) is 18.1 Å². The minimum atomic E-state index is -0.0295. The van der Waals surface area contributed by atoms with E-state index in [1.165, 1.54) is 5.56 Å². The largest absolute Gasteiger partial charge is 0.373 e. The zero-order valence-electron chi connectivity index (χ0n) is 11.6. The van der Waals surface area contributed by atoms with Gasteiger partial charge in [-0.1, -0.05) is 29.8 Å². The van der Waals surface area contributed by atoms with Gasteiger partial charge in [-0.15, -0.1) is 0 Å². The van der Waals surface area contributed by atoms with Gasteiger partial charge in [-0.05, 0) is 19.4 Å². The average molecular weight is 262 g/mol. The lowest BCUT2D eigenvalue weighted by molar-refractivity contribution is -0.142. The van der Waals surface area contributed by atoms with Crippen LogP contribution >= 0.6 is 0 Å². The zero-order chi connectivity index (χ0) is 13.8. The maximum atomic E-state index is 12.4. The standard InChI is InChI=1S/C15H22N2O2/c1-11-3-5-13(6-4-11)7-15(18)17-9-14(8-16)19-10-12(17)2/h3-6,12,14H,7-10,16H2,1-2H3. The quantitative estimate of drug-likeness (QED) is 0.888. The summed E-state index contributed by atoms with van der Waals surface area (Å²) in [6, 6.07) is 8.22.